The Morgan fingerprint density at radius 3 is 2.41 bits per heavy atom. The fourth-order valence-electron chi connectivity index (χ4n) is 5.37. The van der Waals surface area contributed by atoms with Gasteiger partial charge in [-0.05, 0) is 76.1 Å². The topological polar surface area (TPSA) is 59.6 Å². The van der Waals surface area contributed by atoms with Gasteiger partial charge in [0.05, 0.1) is 0 Å². The smallest absolute Gasteiger partial charge is 0.120 e. The van der Waals surface area contributed by atoms with E-state index in [1.807, 2.05) is 18.2 Å². The summed E-state index contributed by atoms with van der Waals surface area (Å²) in [7, 11) is 2.17. The number of hydrogen-bond acceptors (Lipinski definition) is 5. The van der Waals surface area contributed by atoms with Gasteiger partial charge in [0.25, 0.3) is 0 Å². The van der Waals surface area contributed by atoms with Crippen LogP contribution in [0.5, 0.6) is 0 Å². The molecule has 0 saturated carbocycles. The van der Waals surface area contributed by atoms with E-state index in [9.17, 15) is 9.50 Å². The lowest BCUT2D eigenvalue weighted by atomic mass is 9.72. The molecule has 39 heavy (non-hydrogen) atoms. The van der Waals surface area contributed by atoms with Crippen LogP contribution in [0.1, 0.15) is 53.4 Å². The first-order valence-electron chi connectivity index (χ1n) is 14.8. The molecule has 217 valence electrons. The van der Waals surface area contributed by atoms with Crippen molar-refractivity contribution in [2.24, 2.45) is 11.8 Å². The average Bonchev–Trinajstić information content (AvgIpc) is 2.92. The summed E-state index contributed by atoms with van der Waals surface area (Å²) in [6, 6.07) is 0.313. The summed E-state index contributed by atoms with van der Waals surface area (Å²) in [6.45, 7) is 23.2. The minimum atomic E-state index is -0.403. The maximum Gasteiger partial charge on any atom is 0.120 e. The lowest BCUT2D eigenvalue weighted by Gasteiger charge is -2.34. The van der Waals surface area contributed by atoms with Crippen LogP contribution < -0.4 is 16.0 Å². The van der Waals surface area contributed by atoms with Crippen LogP contribution in [-0.2, 0) is 0 Å². The highest BCUT2D eigenvalue weighted by molar-refractivity contribution is 6.34. The molecule has 5 nitrogen and oxygen atoms in total. The molecule has 0 bridgehead atoms. The van der Waals surface area contributed by atoms with Crippen molar-refractivity contribution < 1.29 is 9.50 Å². The second-order valence-corrected chi connectivity index (χ2v) is 11.4. The number of nitrogens with one attached hydrogen (secondary N) is 3. The maximum atomic E-state index is 14.3. The number of aliphatic hydroxyl groups is 1. The molecular formula is C32H53BFN4O. The van der Waals surface area contributed by atoms with Crippen molar-refractivity contribution in [1.82, 2.24) is 20.9 Å². The Hall–Kier alpha value is -1.93. The van der Waals surface area contributed by atoms with E-state index < -0.39 is 6.23 Å². The Labute approximate surface area is 238 Å². The number of rotatable bonds is 15. The van der Waals surface area contributed by atoms with Gasteiger partial charge in [0.1, 0.15) is 19.3 Å². The van der Waals surface area contributed by atoms with Crippen molar-refractivity contribution in [2.75, 3.05) is 39.3 Å². The molecule has 2 aliphatic heterocycles. The summed E-state index contributed by atoms with van der Waals surface area (Å²) in [5.74, 6) is 1.13. The Bertz CT molecular complexity index is 907. The number of nitrogens with zero attached hydrogens (tertiary/aromatic N) is 1. The quantitative estimate of drug-likeness (QED) is 0.163. The zero-order valence-electron chi connectivity index (χ0n) is 25.2. The molecule has 0 aromatic rings. The lowest BCUT2D eigenvalue weighted by molar-refractivity contribution is 0.0963. The van der Waals surface area contributed by atoms with E-state index >= 15 is 0 Å². The van der Waals surface area contributed by atoms with Crippen LogP contribution in [0.3, 0.4) is 0 Å². The van der Waals surface area contributed by atoms with Gasteiger partial charge in [-0.25, -0.2) is 4.39 Å². The standard InChI is InChI=1S/C32H53BFN4O/c1-8-26(18-33-7)30(21-35-29-12-13-32(39)37-20-29)31(9-2)36-19-24(5)10-11-28(25(6)34)22-38-16-14-27(15-17-38)23(3)4/h8-11,23,27,29,32,35-37,39H,2,6,12-22H2,1,3-5,7H3/b24-10+,26-8-,28-11-,31-30+. The molecular weight excluding hydrogens is 486 g/mol. The zero-order valence-corrected chi connectivity index (χ0v) is 25.2. The molecule has 2 heterocycles. The van der Waals surface area contributed by atoms with Gasteiger partial charge < -0.3 is 15.7 Å². The maximum absolute atomic E-state index is 14.3. The third-order valence-corrected chi connectivity index (χ3v) is 8.09. The second-order valence-electron chi connectivity index (χ2n) is 11.4. The van der Waals surface area contributed by atoms with E-state index in [1.165, 1.54) is 24.0 Å². The van der Waals surface area contributed by atoms with Gasteiger partial charge >= 0.3 is 0 Å². The molecule has 0 aromatic heterocycles. The molecule has 1 radical (unpaired) electrons. The van der Waals surface area contributed by atoms with Crippen molar-refractivity contribution in [3.8, 4) is 0 Å². The average molecular weight is 540 g/mol. The van der Waals surface area contributed by atoms with Gasteiger partial charge in [0.2, 0.25) is 0 Å². The molecule has 2 fully saturated rings. The summed E-state index contributed by atoms with van der Waals surface area (Å²) >= 11 is 0. The summed E-state index contributed by atoms with van der Waals surface area (Å²) < 4.78 is 14.3. The molecule has 2 aliphatic rings. The Morgan fingerprint density at radius 1 is 1.15 bits per heavy atom. The fourth-order valence-corrected chi connectivity index (χ4v) is 5.37. The molecule has 2 saturated heterocycles. The normalized spacial score (nSPS) is 23.0. The first-order chi connectivity index (χ1) is 18.7. The first-order valence-corrected chi connectivity index (χ1v) is 14.8. The number of likely N-dealkylation sites (tertiary alicyclic amines) is 1. The highest BCUT2D eigenvalue weighted by atomic mass is 19.1. The van der Waals surface area contributed by atoms with Gasteiger partial charge in [-0.15, -0.1) is 0 Å². The third kappa shape index (κ3) is 11.6. The van der Waals surface area contributed by atoms with Gasteiger partial charge in [0.15, 0.2) is 0 Å². The van der Waals surface area contributed by atoms with E-state index in [0.717, 1.165) is 56.0 Å². The van der Waals surface area contributed by atoms with E-state index in [-0.39, 0.29) is 5.83 Å². The van der Waals surface area contributed by atoms with Crippen LogP contribution in [0.25, 0.3) is 0 Å². The van der Waals surface area contributed by atoms with Gasteiger partial charge in [-0.3, -0.25) is 10.2 Å². The summed E-state index contributed by atoms with van der Waals surface area (Å²) in [6.07, 6.45) is 12.5. The molecule has 7 heteroatoms. The van der Waals surface area contributed by atoms with Crippen LogP contribution in [0.4, 0.5) is 4.39 Å². The second kappa shape index (κ2) is 17.7. The monoisotopic (exact) mass is 539 g/mol. The van der Waals surface area contributed by atoms with Crippen LogP contribution in [-0.4, -0.2) is 68.8 Å². The minimum Gasteiger partial charge on any atom is -0.381 e. The van der Waals surface area contributed by atoms with E-state index in [0.29, 0.717) is 37.2 Å². The number of aliphatic hydroxyl groups excluding tert-OH is 1. The van der Waals surface area contributed by atoms with Crippen LogP contribution in [0.15, 0.2) is 71.3 Å². The minimum absolute atomic E-state index is 0.313. The van der Waals surface area contributed by atoms with E-state index in [1.54, 1.807) is 0 Å². The Morgan fingerprint density at radius 2 is 1.87 bits per heavy atom. The molecule has 0 aliphatic carbocycles. The predicted molar refractivity (Wildman–Crippen MR) is 167 cm³/mol. The summed E-state index contributed by atoms with van der Waals surface area (Å²) in [4.78, 5) is 2.35. The highest BCUT2D eigenvalue weighted by Gasteiger charge is 2.22. The number of halogens is 1. The van der Waals surface area contributed by atoms with Crippen molar-refractivity contribution in [2.45, 2.75) is 78.8 Å². The number of hydrogen-bond donors (Lipinski definition) is 4. The summed E-state index contributed by atoms with van der Waals surface area (Å²) in [5.41, 5.74) is 5.22. The van der Waals surface area contributed by atoms with Gasteiger partial charge in [-0.2, -0.15) is 0 Å². The molecule has 4 N–H and O–H groups in total. The van der Waals surface area contributed by atoms with Gasteiger partial charge in [0, 0.05) is 43.5 Å². The zero-order chi connectivity index (χ0) is 28.8. The Balaban J connectivity index is 2.07. The van der Waals surface area contributed by atoms with Gasteiger partial charge in [-0.1, -0.05) is 69.5 Å². The largest absolute Gasteiger partial charge is 0.381 e. The van der Waals surface area contributed by atoms with Crippen molar-refractivity contribution in [3.05, 3.63) is 71.3 Å². The number of piperidine rings is 2. The predicted octanol–water partition coefficient (Wildman–Crippen LogP) is 5.52. The number of allylic oxidation sites excluding steroid dienone is 4. The molecule has 0 amide bonds. The Kier molecular flexibility index (Phi) is 15.1. The van der Waals surface area contributed by atoms with Crippen molar-refractivity contribution in [3.63, 3.8) is 0 Å². The summed E-state index contributed by atoms with van der Waals surface area (Å²) in [5, 5.41) is 20.1. The third-order valence-electron chi connectivity index (χ3n) is 8.09. The SMILES string of the molecule is C=C/C(NC/C(C)=C/C=C(/CN1CCC(C(C)C)CC1)C(=C)F)=C(CNC1CCC(O)NC1)\C(=C/C)C[B]C. The van der Waals surface area contributed by atoms with Crippen molar-refractivity contribution >= 4 is 7.28 Å². The van der Waals surface area contributed by atoms with Crippen LogP contribution >= 0.6 is 0 Å². The van der Waals surface area contributed by atoms with E-state index in [2.05, 4.69) is 81.9 Å². The highest BCUT2D eigenvalue weighted by Crippen LogP contribution is 2.26. The molecule has 2 atom stereocenters. The molecule has 0 aromatic carbocycles. The molecule has 2 unspecified atom stereocenters. The fraction of sp³-hybridized carbons (Fsp3) is 0.625. The van der Waals surface area contributed by atoms with E-state index in [4.69, 9.17) is 0 Å². The van der Waals surface area contributed by atoms with Crippen LogP contribution in [0, 0.1) is 11.8 Å². The van der Waals surface area contributed by atoms with Crippen molar-refractivity contribution in [1.29, 1.82) is 0 Å². The lowest BCUT2D eigenvalue weighted by Crippen LogP contribution is -2.48. The molecule has 0 spiro atoms. The van der Waals surface area contributed by atoms with Crippen LogP contribution in [0.2, 0.25) is 13.1 Å². The first kappa shape index (κ1) is 33.3. The molecule has 2 rings (SSSR count).